The van der Waals surface area contributed by atoms with Gasteiger partial charge in [-0.1, -0.05) is 0 Å². The molecule has 0 spiro atoms. The predicted molar refractivity (Wildman–Crippen MR) is 81.7 cm³/mol. The number of carbonyl (C=O) groups is 1. The summed E-state index contributed by atoms with van der Waals surface area (Å²) >= 11 is 1.47. The third-order valence-electron chi connectivity index (χ3n) is 3.38. The molecule has 3 rings (SSSR count). The second kappa shape index (κ2) is 5.37. The first-order valence-electron chi connectivity index (χ1n) is 6.70. The van der Waals surface area contributed by atoms with Crippen molar-refractivity contribution in [3.8, 4) is 11.5 Å². The van der Waals surface area contributed by atoms with Gasteiger partial charge in [0.15, 0.2) is 16.6 Å². The predicted octanol–water partition coefficient (Wildman–Crippen LogP) is 3.09. The topological polar surface area (TPSA) is 60.5 Å². The number of anilines is 1. The Bertz CT molecular complexity index is 690. The minimum atomic E-state index is -0.182. The molecule has 2 heterocycles. The molecule has 0 radical (unpaired) electrons. The summed E-state index contributed by atoms with van der Waals surface area (Å²) in [5.41, 5.74) is 2.36. The van der Waals surface area contributed by atoms with Crippen LogP contribution >= 0.6 is 11.3 Å². The average molecular weight is 304 g/mol. The summed E-state index contributed by atoms with van der Waals surface area (Å²) in [4.78, 5) is 17.8. The van der Waals surface area contributed by atoms with Crippen LogP contribution in [0.1, 0.15) is 26.5 Å². The minimum Gasteiger partial charge on any atom is -0.486 e. The van der Waals surface area contributed by atoms with Crippen LogP contribution in [0.2, 0.25) is 0 Å². The number of thiazole rings is 1. The fourth-order valence-corrected chi connectivity index (χ4v) is 2.94. The first-order chi connectivity index (χ1) is 10.0. The van der Waals surface area contributed by atoms with Crippen LogP contribution in [0.25, 0.3) is 0 Å². The molecule has 0 bridgehead atoms. The van der Waals surface area contributed by atoms with E-state index in [0.29, 0.717) is 35.4 Å². The lowest BCUT2D eigenvalue weighted by molar-refractivity contribution is 0.102. The summed E-state index contributed by atoms with van der Waals surface area (Å²) < 4.78 is 11.0. The lowest BCUT2D eigenvalue weighted by atomic mass is 10.1. The molecule has 6 heteroatoms. The lowest BCUT2D eigenvalue weighted by Crippen LogP contribution is -2.18. The molecule has 0 unspecified atom stereocenters. The van der Waals surface area contributed by atoms with E-state index >= 15 is 0 Å². The molecular formula is C15H16N2O3S. The van der Waals surface area contributed by atoms with Gasteiger partial charge in [0, 0.05) is 10.4 Å². The number of amides is 1. The van der Waals surface area contributed by atoms with E-state index in [0.717, 1.165) is 16.1 Å². The maximum Gasteiger partial charge on any atom is 0.257 e. The molecule has 1 aliphatic heterocycles. The van der Waals surface area contributed by atoms with Gasteiger partial charge in [-0.25, -0.2) is 4.98 Å². The normalized spacial score (nSPS) is 13.1. The number of rotatable bonds is 2. The molecule has 110 valence electrons. The lowest BCUT2D eigenvalue weighted by Gasteiger charge is -2.20. The molecule has 1 aliphatic rings. The van der Waals surface area contributed by atoms with Gasteiger partial charge >= 0.3 is 0 Å². The number of nitrogens with one attached hydrogen (secondary N) is 1. The van der Waals surface area contributed by atoms with Gasteiger partial charge in [-0.15, -0.1) is 11.3 Å². The summed E-state index contributed by atoms with van der Waals surface area (Å²) in [5, 5.41) is 3.45. The molecule has 0 aliphatic carbocycles. The number of hydrogen-bond donors (Lipinski definition) is 1. The van der Waals surface area contributed by atoms with E-state index in [1.807, 2.05) is 26.8 Å². The van der Waals surface area contributed by atoms with Gasteiger partial charge in [-0.3, -0.25) is 10.1 Å². The van der Waals surface area contributed by atoms with Crippen LogP contribution in [0.4, 0.5) is 5.13 Å². The van der Waals surface area contributed by atoms with Crippen molar-refractivity contribution < 1.29 is 14.3 Å². The molecular weight excluding hydrogens is 288 g/mol. The van der Waals surface area contributed by atoms with Crippen molar-refractivity contribution >= 4 is 22.4 Å². The third kappa shape index (κ3) is 2.71. The Kier molecular flexibility index (Phi) is 3.55. The fraction of sp³-hybridized carbons (Fsp3) is 0.333. The number of aryl methyl sites for hydroxylation is 3. The molecule has 1 aromatic heterocycles. The summed E-state index contributed by atoms with van der Waals surface area (Å²) in [6, 6.07) is 3.56. The standard InChI is InChI=1S/C15H16N2O3S/c1-8-6-12-13(20-5-4-19-12)7-11(8)14(18)17-15-16-9(2)10(3)21-15/h6-7H,4-5H2,1-3H3,(H,16,17,18). The van der Waals surface area contributed by atoms with Gasteiger partial charge < -0.3 is 9.47 Å². The second-order valence-electron chi connectivity index (χ2n) is 4.93. The highest BCUT2D eigenvalue weighted by Crippen LogP contribution is 2.33. The van der Waals surface area contributed by atoms with Gasteiger partial charge in [0.25, 0.3) is 5.91 Å². The first-order valence-corrected chi connectivity index (χ1v) is 7.52. The summed E-state index contributed by atoms with van der Waals surface area (Å²) in [7, 11) is 0. The maximum atomic E-state index is 12.4. The van der Waals surface area contributed by atoms with E-state index in [-0.39, 0.29) is 5.91 Å². The second-order valence-corrected chi connectivity index (χ2v) is 6.13. The van der Waals surface area contributed by atoms with Crippen molar-refractivity contribution in [2.75, 3.05) is 18.5 Å². The Morgan fingerprint density at radius 1 is 1.19 bits per heavy atom. The van der Waals surface area contributed by atoms with Crippen LogP contribution in [0, 0.1) is 20.8 Å². The van der Waals surface area contributed by atoms with Crippen molar-refractivity contribution in [3.63, 3.8) is 0 Å². The van der Waals surface area contributed by atoms with Crippen LogP contribution in [0.3, 0.4) is 0 Å². The Labute approximate surface area is 126 Å². The zero-order chi connectivity index (χ0) is 15.0. The van der Waals surface area contributed by atoms with E-state index in [1.54, 1.807) is 6.07 Å². The molecule has 0 atom stereocenters. The summed E-state index contributed by atoms with van der Waals surface area (Å²) in [6.45, 7) is 6.83. The zero-order valence-corrected chi connectivity index (χ0v) is 13.0. The number of hydrogen-bond acceptors (Lipinski definition) is 5. The number of fused-ring (bicyclic) bond motifs is 1. The molecule has 0 saturated carbocycles. The molecule has 21 heavy (non-hydrogen) atoms. The molecule has 1 N–H and O–H groups in total. The molecule has 0 fully saturated rings. The van der Waals surface area contributed by atoms with E-state index < -0.39 is 0 Å². The van der Waals surface area contributed by atoms with Crippen LogP contribution in [-0.4, -0.2) is 24.1 Å². The van der Waals surface area contributed by atoms with Crippen molar-refractivity contribution in [2.24, 2.45) is 0 Å². The highest BCUT2D eigenvalue weighted by molar-refractivity contribution is 7.15. The number of benzene rings is 1. The Balaban J connectivity index is 1.87. The smallest absolute Gasteiger partial charge is 0.257 e. The van der Waals surface area contributed by atoms with Gasteiger partial charge in [-0.05, 0) is 38.5 Å². The van der Waals surface area contributed by atoms with Crippen molar-refractivity contribution in [1.82, 2.24) is 4.98 Å². The Morgan fingerprint density at radius 3 is 2.48 bits per heavy atom. The largest absolute Gasteiger partial charge is 0.486 e. The first kappa shape index (κ1) is 13.9. The highest BCUT2D eigenvalue weighted by atomic mass is 32.1. The van der Waals surface area contributed by atoms with Crippen LogP contribution in [-0.2, 0) is 0 Å². The molecule has 1 aromatic carbocycles. The SMILES string of the molecule is Cc1cc2c(cc1C(=O)Nc1nc(C)c(C)s1)OCCO2. The van der Waals surface area contributed by atoms with E-state index in [2.05, 4.69) is 10.3 Å². The van der Waals surface area contributed by atoms with Gasteiger partial charge in [-0.2, -0.15) is 0 Å². The van der Waals surface area contributed by atoms with Crippen LogP contribution < -0.4 is 14.8 Å². The average Bonchev–Trinajstić information content (AvgIpc) is 2.76. The Hall–Kier alpha value is -2.08. The highest BCUT2D eigenvalue weighted by Gasteiger charge is 2.18. The Morgan fingerprint density at radius 2 is 1.86 bits per heavy atom. The zero-order valence-electron chi connectivity index (χ0n) is 12.1. The van der Waals surface area contributed by atoms with E-state index in [1.165, 1.54) is 11.3 Å². The van der Waals surface area contributed by atoms with Gasteiger partial charge in [0.1, 0.15) is 13.2 Å². The van der Waals surface area contributed by atoms with Gasteiger partial charge in [0.2, 0.25) is 0 Å². The molecule has 2 aromatic rings. The number of aromatic nitrogens is 1. The minimum absolute atomic E-state index is 0.182. The molecule has 1 amide bonds. The maximum absolute atomic E-state index is 12.4. The van der Waals surface area contributed by atoms with Crippen LogP contribution in [0.15, 0.2) is 12.1 Å². The van der Waals surface area contributed by atoms with Crippen molar-refractivity contribution in [3.05, 3.63) is 33.8 Å². The number of carbonyl (C=O) groups excluding carboxylic acids is 1. The van der Waals surface area contributed by atoms with Crippen LogP contribution in [0.5, 0.6) is 11.5 Å². The fourth-order valence-electron chi connectivity index (χ4n) is 2.13. The molecule has 0 saturated heterocycles. The molecule has 5 nitrogen and oxygen atoms in total. The van der Waals surface area contributed by atoms with Crippen molar-refractivity contribution in [1.29, 1.82) is 0 Å². The quantitative estimate of drug-likeness (QED) is 0.926. The summed E-state index contributed by atoms with van der Waals surface area (Å²) in [6.07, 6.45) is 0. The monoisotopic (exact) mass is 304 g/mol. The third-order valence-corrected chi connectivity index (χ3v) is 4.37. The van der Waals surface area contributed by atoms with E-state index in [9.17, 15) is 4.79 Å². The summed E-state index contributed by atoms with van der Waals surface area (Å²) in [5.74, 6) is 1.12. The van der Waals surface area contributed by atoms with Gasteiger partial charge in [0.05, 0.1) is 5.69 Å². The van der Waals surface area contributed by atoms with Crippen molar-refractivity contribution in [2.45, 2.75) is 20.8 Å². The van der Waals surface area contributed by atoms with E-state index in [4.69, 9.17) is 9.47 Å². The number of ether oxygens (including phenoxy) is 2. The number of nitrogens with zero attached hydrogens (tertiary/aromatic N) is 1.